The fourth-order valence-electron chi connectivity index (χ4n) is 4.95. The number of epoxide rings is 4. The molecule has 7 nitrogen and oxygen atoms in total. The Bertz CT molecular complexity index is 1000. The molecule has 4 saturated heterocycles. The van der Waals surface area contributed by atoms with Crippen LogP contribution < -0.4 is 20.4 Å². The van der Waals surface area contributed by atoms with Crippen LogP contribution in [0.2, 0.25) is 0 Å². The zero-order valence-electron chi connectivity index (χ0n) is 21.3. The minimum absolute atomic E-state index is 0.281. The lowest BCUT2D eigenvalue weighted by molar-refractivity contribution is 0.388. The van der Waals surface area contributed by atoms with E-state index in [1.165, 1.54) is 0 Å². The zero-order valence-corrected chi connectivity index (χ0v) is 22.1. The summed E-state index contributed by atoms with van der Waals surface area (Å²) in [6.07, 6.45) is 1.76. The lowest BCUT2D eigenvalue weighted by Gasteiger charge is -2.28. The van der Waals surface area contributed by atoms with Crippen molar-refractivity contribution in [3.05, 3.63) is 48.5 Å². The molecule has 4 aliphatic rings. The minimum atomic E-state index is -2.87. The van der Waals surface area contributed by atoms with Crippen LogP contribution in [-0.2, 0) is 23.5 Å². The molecule has 0 spiro atoms. The first-order chi connectivity index (χ1) is 17.5. The molecule has 194 valence electrons. The summed E-state index contributed by atoms with van der Waals surface area (Å²) in [4.78, 5) is 4.67. The van der Waals surface area contributed by atoms with Crippen LogP contribution in [0.1, 0.15) is 13.8 Å². The van der Waals surface area contributed by atoms with Gasteiger partial charge in [-0.15, -0.1) is 0 Å². The molecule has 2 aromatic rings. The second-order valence-electron chi connectivity index (χ2n) is 11.0. The number of hydrogen-bond acceptors (Lipinski definition) is 7. The van der Waals surface area contributed by atoms with Gasteiger partial charge in [-0.25, -0.2) is 0 Å². The summed E-state index contributed by atoms with van der Waals surface area (Å²) < 4.78 is 37.1. The maximum absolute atomic E-state index is 15.0. The van der Waals surface area contributed by atoms with E-state index < -0.39 is 7.14 Å². The molecular weight excluding hydrogens is 475 g/mol. The van der Waals surface area contributed by atoms with Gasteiger partial charge in [0.1, 0.15) is 7.14 Å². The molecule has 4 aliphatic heterocycles. The molecule has 2 aromatic carbocycles. The van der Waals surface area contributed by atoms with Crippen molar-refractivity contribution in [1.82, 2.24) is 0 Å². The molecule has 0 bridgehead atoms. The molecule has 0 amide bonds. The molecule has 0 aromatic heterocycles. The van der Waals surface area contributed by atoms with E-state index in [1.807, 2.05) is 12.1 Å². The number of nitrogens with zero attached hydrogens (tertiary/aromatic N) is 2. The first-order valence-corrected chi connectivity index (χ1v) is 15.1. The second kappa shape index (κ2) is 10.1. The van der Waals surface area contributed by atoms with Gasteiger partial charge in [0.2, 0.25) is 0 Å². The maximum Gasteiger partial charge on any atom is 0.143 e. The Balaban J connectivity index is 1.32. The van der Waals surface area contributed by atoms with Gasteiger partial charge in [-0.2, -0.15) is 0 Å². The fraction of sp³-hybridized carbons (Fsp3) is 0.571. The Morgan fingerprint density at radius 2 is 1.08 bits per heavy atom. The SMILES string of the molecule is CC(C)CP(=O)(c1cccc(N(CC2CO2)CC2CO2)c1)c1cccc(N(CC2CO2)CC2CO2)c1. The summed E-state index contributed by atoms with van der Waals surface area (Å²) in [5.74, 6) is 0.301. The number of benzene rings is 2. The smallest absolute Gasteiger partial charge is 0.143 e. The van der Waals surface area contributed by atoms with Gasteiger partial charge in [0.25, 0.3) is 0 Å². The lowest BCUT2D eigenvalue weighted by atomic mass is 10.2. The Morgan fingerprint density at radius 1 is 0.722 bits per heavy atom. The number of rotatable bonds is 14. The summed E-state index contributed by atoms with van der Waals surface area (Å²) in [7, 11) is -2.87. The number of anilines is 2. The van der Waals surface area contributed by atoms with Gasteiger partial charge in [0.05, 0.1) is 50.8 Å². The first kappa shape index (κ1) is 24.4. The van der Waals surface area contributed by atoms with Crippen LogP contribution >= 0.6 is 7.14 Å². The van der Waals surface area contributed by atoms with E-state index in [-0.39, 0.29) is 24.4 Å². The predicted molar refractivity (Wildman–Crippen MR) is 143 cm³/mol. The summed E-state index contributed by atoms with van der Waals surface area (Å²) in [6.45, 7) is 10.9. The summed E-state index contributed by atoms with van der Waals surface area (Å²) in [5, 5.41) is 1.85. The van der Waals surface area contributed by atoms with Crippen LogP contribution in [0.25, 0.3) is 0 Å². The van der Waals surface area contributed by atoms with Gasteiger partial charge in [0, 0.05) is 54.3 Å². The lowest BCUT2D eigenvalue weighted by Crippen LogP contribution is -2.33. The highest BCUT2D eigenvalue weighted by molar-refractivity contribution is 7.78. The van der Waals surface area contributed by atoms with Crippen LogP contribution in [0.5, 0.6) is 0 Å². The highest BCUT2D eigenvalue weighted by Gasteiger charge is 2.34. The van der Waals surface area contributed by atoms with E-state index in [0.29, 0.717) is 12.1 Å². The number of hydrogen-bond donors (Lipinski definition) is 0. The van der Waals surface area contributed by atoms with Gasteiger partial charge in [-0.05, 0) is 30.2 Å². The Hall–Kier alpha value is -1.89. The van der Waals surface area contributed by atoms with E-state index >= 15 is 0 Å². The van der Waals surface area contributed by atoms with Crippen LogP contribution in [-0.4, -0.2) is 83.2 Å². The van der Waals surface area contributed by atoms with Crippen molar-refractivity contribution in [2.75, 3.05) is 68.6 Å². The van der Waals surface area contributed by atoms with Gasteiger partial charge in [0.15, 0.2) is 0 Å². The van der Waals surface area contributed by atoms with Crippen molar-refractivity contribution < 1.29 is 23.5 Å². The summed E-state index contributed by atoms with van der Waals surface area (Å²) in [6, 6.07) is 16.7. The molecule has 36 heavy (non-hydrogen) atoms. The van der Waals surface area contributed by atoms with E-state index in [9.17, 15) is 4.57 Å². The van der Waals surface area contributed by atoms with Crippen molar-refractivity contribution >= 4 is 29.1 Å². The maximum atomic E-state index is 15.0. The quantitative estimate of drug-likeness (QED) is 0.285. The van der Waals surface area contributed by atoms with E-state index in [1.54, 1.807) is 0 Å². The third-order valence-corrected chi connectivity index (χ3v) is 10.6. The van der Waals surface area contributed by atoms with Crippen LogP contribution in [0.4, 0.5) is 11.4 Å². The fourth-order valence-corrected chi connectivity index (χ4v) is 8.03. The van der Waals surface area contributed by atoms with Crippen molar-refractivity contribution in [2.45, 2.75) is 38.3 Å². The monoisotopic (exact) mass is 512 g/mol. The molecule has 8 heteroatoms. The van der Waals surface area contributed by atoms with Crippen LogP contribution in [0.3, 0.4) is 0 Å². The largest absolute Gasteiger partial charge is 0.371 e. The molecule has 4 fully saturated rings. The minimum Gasteiger partial charge on any atom is -0.371 e. The molecule has 0 N–H and O–H groups in total. The number of ether oxygens (including phenoxy) is 4. The molecule has 6 rings (SSSR count). The summed E-state index contributed by atoms with van der Waals surface area (Å²) >= 11 is 0. The molecule has 0 aliphatic carbocycles. The Kier molecular flexibility index (Phi) is 6.87. The molecule has 4 atom stereocenters. The third-order valence-electron chi connectivity index (χ3n) is 7.15. The highest BCUT2D eigenvalue weighted by atomic mass is 31.2. The Labute approximate surface area is 214 Å². The average Bonchev–Trinajstić information content (AvgIpc) is 3.69. The molecule has 4 unspecified atom stereocenters. The van der Waals surface area contributed by atoms with Crippen LogP contribution in [0, 0.1) is 5.92 Å². The molecule has 4 heterocycles. The first-order valence-electron chi connectivity index (χ1n) is 13.2. The zero-order chi connectivity index (χ0) is 24.7. The van der Waals surface area contributed by atoms with Gasteiger partial charge >= 0.3 is 0 Å². The predicted octanol–water partition coefficient (Wildman–Crippen LogP) is 2.86. The van der Waals surface area contributed by atoms with Crippen molar-refractivity contribution in [1.29, 1.82) is 0 Å². The molecule has 0 radical (unpaired) electrons. The van der Waals surface area contributed by atoms with Gasteiger partial charge in [-0.1, -0.05) is 38.1 Å². The van der Waals surface area contributed by atoms with Gasteiger partial charge in [-0.3, -0.25) is 0 Å². The van der Waals surface area contributed by atoms with Crippen molar-refractivity contribution in [2.24, 2.45) is 5.92 Å². The topological polar surface area (TPSA) is 73.7 Å². The van der Waals surface area contributed by atoms with Crippen molar-refractivity contribution in [3.8, 4) is 0 Å². The highest BCUT2D eigenvalue weighted by Crippen LogP contribution is 2.46. The standard InChI is InChI=1S/C28H37N2O5P/c1-20(2)19-36(31,27-7-3-5-21(9-27)29(11-23-15-32-23)12-24-16-33-24)28-8-4-6-22(10-28)30(13-25-17-34-25)14-26-18-35-26/h3-10,20,23-26H,11-19H2,1-2H3. The molecule has 0 saturated carbocycles. The van der Waals surface area contributed by atoms with E-state index in [4.69, 9.17) is 18.9 Å². The van der Waals surface area contributed by atoms with E-state index in [0.717, 1.165) is 74.6 Å². The van der Waals surface area contributed by atoms with Crippen molar-refractivity contribution in [3.63, 3.8) is 0 Å². The van der Waals surface area contributed by atoms with E-state index in [2.05, 4.69) is 60.0 Å². The van der Waals surface area contributed by atoms with Gasteiger partial charge < -0.3 is 33.3 Å². The second-order valence-corrected chi connectivity index (χ2v) is 13.9. The van der Waals surface area contributed by atoms with Crippen LogP contribution in [0.15, 0.2) is 48.5 Å². The average molecular weight is 513 g/mol. The summed E-state index contributed by atoms with van der Waals surface area (Å²) in [5.41, 5.74) is 2.19. The Morgan fingerprint density at radius 3 is 1.39 bits per heavy atom. The third kappa shape index (κ3) is 6.15. The normalized spacial score (nSPS) is 27.4. The molecular formula is C28H37N2O5P.